The molecule has 0 unspecified atom stereocenters. The second-order valence-corrected chi connectivity index (χ2v) is 10.1. The maximum Gasteiger partial charge on any atom is 0.485 e. The first kappa shape index (κ1) is 29.2. The molecule has 0 atom stereocenters. The van der Waals surface area contributed by atoms with Gasteiger partial charge in [-0.15, -0.1) is 0 Å². The quantitative estimate of drug-likeness (QED) is 0.122. The number of aliphatic carboxylic acids is 1. The molecule has 0 aliphatic rings. The third-order valence-electron chi connectivity index (χ3n) is 6.14. The van der Waals surface area contributed by atoms with Gasteiger partial charge in [-0.25, -0.2) is 18.0 Å². The van der Waals surface area contributed by atoms with Crippen molar-refractivity contribution >= 4 is 43.9 Å². The molecule has 0 amide bonds. The predicted molar refractivity (Wildman–Crippen MR) is 143 cm³/mol. The molecule has 0 saturated heterocycles. The van der Waals surface area contributed by atoms with Crippen LogP contribution in [0.5, 0.6) is 0 Å². The molecule has 0 fully saturated rings. The van der Waals surface area contributed by atoms with Crippen LogP contribution in [0.25, 0.3) is 44.1 Å². The van der Waals surface area contributed by atoms with Gasteiger partial charge in [0.15, 0.2) is 10.1 Å². The lowest BCUT2D eigenvalue weighted by molar-refractivity contribution is -0.633. The molecule has 0 aliphatic heterocycles. The molecule has 0 radical (unpaired) electrons. The number of halogens is 3. The summed E-state index contributed by atoms with van der Waals surface area (Å²) in [5.74, 6) is -2.05. The Balaban J connectivity index is 0.000000426. The van der Waals surface area contributed by atoms with E-state index < -0.39 is 27.6 Å². The van der Waals surface area contributed by atoms with Crippen molar-refractivity contribution < 1.29 is 50.5 Å². The summed E-state index contributed by atoms with van der Waals surface area (Å²) in [7, 11) is -6.09. The Morgan fingerprint density at radius 1 is 0.732 bits per heavy atom. The Bertz CT molecular complexity index is 1890. The van der Waals surface area contributed by atoms with Crippen LogP contribution in [0.2, 0.25) is 0 Å². The lowest BCUT2D eigenvalue weighted by Crippen LogP contribution is -2.40. The molecule has 2 N–H and O–H groups in total. The van der Waals surface area contributed by atoms with Gasteiger partial charge in [0.2, 0.25) is 17.6 Å². The number of carboxylic acid groups (broad SMARTS) is 2. The number of fused-ring (bicyclic) bond motifs is 2. The van der Waals surface area contributed by atoms with E-state index in [-0.39, 0.29) is 12.1 Å². The van der Waals surface area contributed by atoms with Gasteiger partial charge < -0.3 is 14.8 Å². The lowest BCUT2D eigenvalue weighted by Gasteiger charge is -2.15. The standard InChI is InChI=1S/C28H19NO4.CHF3O3S/c30-25(31)17-29-23-15-7-6-13-22(23)27(28(32)33)26-21(14-8-16-24(26)29)20-12-5-4-11-19(20)18-9-2-1-3-10-18;2-1(3,4)8(5,6)7/h1-16H,17H2,(H-,30,31,32,33);(H,5,6,7). The third-order valence-corrected chi connectivity index (χ3v) is 6.71. The van der Waals surface area contributed by atoms with Crippen molar-refractivity contribution in [2.45, 2.75) is 12.1 Å². The fourth-order valence-electron chi connectivity index (χ4n) is 4.55. The summed E-state index contributed by atoms with van der Waals surface area (Å²) in [5, 5.41) is 20.9. The van der Waals surface area contributed by atoms with Gasteiger partial charge in [0.1, 0.15) is 0 Å². The van der Waals surface area contributed by atoms with E-state index in [4.69, 9.17) is 13.0 Å². The van der Waals surface area contributed by atoms with Crippen molar-refractivity contribution in [1.29, 1.82) is 0 Å². The van der Waals surface area contributed by atoms with Crippen molar-refractivity contribution in [3.63, 3.8) is 0 Å². The van der Waals surface area contributed by atoms with Crippen LogP contribution in [0, 0.1) is 0 Å². The number of carboxylic acids is 2. The summed E-state index contributed by atoms with van der Waals surface area (Å²) in [6, 6.07) is 30.3. The minimum absolute atomic E-state index is 0.167. The zero-order valence-electron chi connectivity index (χ0n) is 20.9. The van der Waals surface area contributed by atoms with Gasteiger partial charge in [0.05, 0.1) is 16.3 Å². The van der Waals surface area contributed by atoms with E-state index in [1.807, 2.05) is 66.7 Å². The Labute approximate surface area is 231 Å². The second-order valence-electron chi connectivity index (χ2n) is 8.69. The van der Waals surface area contributed by atoms with E-state index in [0.717, 1.165) is 22.3 Å². The fourth-order valence-corrected chi connectivity index (χ4v) is 4.55. The number of aromatic carboxylic acids is 1. The smallest absolute Gasteiger partial charge is 0.485 e. The van der Waals surface area contributed by atoms with Crippen LogP contribution >= 0.6 is 0 Å². The largest absolute Gasteiger partial charge is 0.741 e. The van der Waals surface area contributed by atoms with Gasteiger partial charge in [-0.05, 0) is 28.3 Å². The number of carbonyl (C=O) groups is 2. The first-order valence-corrected chi connectivity index (χ1v) is 13.2. The highest BCUT2D eigenvalue weighted by Gasteiger charge is 2.37. The molecule has 0 spiro atoms. The van der Waals surface area contributed by atoms with Gasteiger partial charge in [-0.3, -0.25) is 0 Å². The summed E-state index contributed by atoms with van der Waals surface area (Å²) in [6.07, 6.45) is 0. The normalized spacial score (nSPS) is 11.6. The number of hydrogen-bond donors (Lipinski definition) is 2. The SMILES string of the molecule is O=C(O)C[n+]1c2ccccc2c(C(=O)O)c2c(-c3ccccc3-c3ccccc3)cccc21.O=S(=O)([O-])C(F)(F)F. The van der Waals surface area contributed by atoms with Gasteiger partial charge in [-0.1, -0.05) is 78.9 Å². The minimum Gasteiger partial charge on any atom is -0.741 e. The van der Waals surface area contributed by atoms with Crippen LogP contribution in [0.3, 0.4) is 0 Å². The molecule has 4 aromatic carbocycles. The molecule has 41 heavy (non-hydrogen) atoms. The monoisotopic (exact) mass is 583 g/mol. The maximum atomic E-state index is 12.6. The van der Waals surface area contributed by atoms with Gasteiger partial charge in [-0.2, -0.15) is 17.7 Å². The Morgan fingerprint density at radius 3 is 1.83 bits per heavy atom. The second kappa shape index (κ2) is 11.4. The zero-order valence-corrected chi connectivity index (χ0v) is 21.7. The van der Waals surface area contributed by atoms with E-state index in [1.54, 1.807) is 34.9 Å². The number of nitrogens with zero attached hydrogens (tertiary/aromatic N) is 1. The van der Waals surface area contributed by atoms with Gasteiger partial charge in [0.25, 0.3) is 0 Å². The summed E-state index contributed by atoms with van der Waals surface area (Å²) >= 11 is 0. The van der Waals surface area contributed by atoms with E-state index in [2.05, 4.69) is 0 Å². The van der Waals surface area contributed by atoms with Crippen molar-refractivity contribution in [2.24, 2.45) is 0 Å². The molecule has 0 aliphatic carbocycles. The molecule has 1 aromatic heterocycles. The fraction of sp³-hybridized carbons (Fsp3) is 0.0690. The highest BCUT2D eigenvalue weighted by atomic mass is 32.2. The van der Waals surface area contributed by atoms with E-state index in [0.29, 0.717) is 21.8 Å². The molecule has 12 heteroatoms. The van der Waals surface area contributed by atoms with E-state index >= 15 is 0 Å². The average molecular weight is 584 g/mol. The highest BCUT2D eigenvalue weighted by Crippen LogP contribution is 2.38. The van der Waals surface area contributed by atoms with Crippen molar-refractivity contribution in [2.75, 3.05) is 0 Å². The number of pyridine rings is 1. The van der Waals surface area contributed by atoms with Crippen LogP contribution < -0.4 is 4.57 Å². The van der Waals surface area contributed by atoms with Crippen LogP contribution in [-0.2, 0) is 21.5 Å². The van der Waals surface area contributed by atoms with E-state index in [9.17, 15) is 33.0 Å². The Morgan fingerprint density at radius 2 is 1.24 bits per heavy atom. The number of aromatic nitrogens is 1. The predicted octanol–water partition coefficient (Wildman–Crippen LogP) is 5.45. The Kier molecular flexibility index (Phi) is 8.08. The third kappa shape index (κ3) is 6.03. The van der Waals surface area contributed by atoms with Crippen molar-refractivity contribution in [3.8, 4) is 22.3 Å². The van der Waals surface area contributed by atoms with Crippen LogP contribution in [-0.4, -0.2) is 40.6 Å². The van der Waals surface area contributed by atoms with Crippen molar-refractivity contribution in [3.05, 3.63) is 103 Å². The summed E-state index contributed by atoms with van der Waals surface area (Å²) in [4.78, 5) is 24.3. The van der Waals surface area contributed by atoms with Crippen LogP contribution in [0.15, 0.2) is 97.1 Å². The molecule has 210 valence electrons. The molecule has 8 nitrogen and oxygen atoms in total. The molecular weight excluding hydrogens is 563 g/mol. The topological polar surface area (TPSA) is 136 Å². The molecule has 0 bridgehead atoms. The minimum atomic E-state index is -6.09. The first-order chi connectivity index (χ1) is 19.3. The first-order valence-electron chi connectivity index (χ1n) is 11.8. The van der Waals surface area contributed by atoms with Crippen LogP contribution in [0.1, 0.15) is 10.4 Å². The van der Waals surface area contributed by atoms with Gasteiger partial charge in [0, 0.05) is 12.1 Å². The average Bonchev–Trinajstić information content (AvgIpc) is 2.92. The zero-order chi connectivity index (χ0) is 29.9. The maximum absolute atomic E-state index is 12.6. The number of hydrogen-bond acceptors (Lipinski definition) is 5. The number of para-hydroxylation sites is 1. The molecule has 1 heterocycles. The van der Waals surface area contributed by atoms with Gasteiger partial charge >= 0.3 is 17.4 Å². The lowest BCUT2D eigenvalue weighted by atomic mass is 9.89. The Hall–Kier alpha value is -4.81. The molecule has 0 saturated carbocycles. The number of benzene rings is 4. The summed E-state index contributed by atoms with van der Waals surface area (Å²) in [6.45, 7) is -0.277. The molecule has 5 aromatic rings. The number of rotatable bonds is 5. The highest BCUT2D eigenvalue weighted by molar-refractivity contribution is 7.86. The molecular formula is C29H20F3NO7S. The van der Waals surface area contributed by atoms with Crippen molar-refractivity contribution in [1.82, 2.24) is 0 Å². The number of alkyl halides is 3. The molecule has 5 rings (SSSR count). The van der Waals surface area contributed by atoms with E-state index in [1.165, 1.54) is 0 Å². The summed E-state index contributed by atoms with van der Waals surface area (Å²) < 4.78 is 60.6. The van der Waals surface area contributed by atoms with Crippen LogP contribution in [0.4, 0.5) is 13.2 Å². The summed E-state index contributed by atoms with van der Waals surface area (Å²) in [5.41, 5.74) is -0.732.